The van der Waals surface area contributed by atoms with Gasteiger partial charge in [0.1, 0.15) is 28.2 Å². The van der Waals surface area contributed by atoms with E-state index in [0.29, 0.717) is 21.5 Å². The highest BCUT2D eigenvalue weighted by atomic mass is 32.1. The Morgan fingerprint density at radius 2 is 1.74 bits per heavy atom. The van der Waals surface area contributed by atoms with E-state index in [-0.39, 0.29) is 10.5 Å². The summed E-state index contributed by atoms with van der Waals surface area (Å²) in [5.41, 5.74) is 2.09. The second-order valence-corrected chi connectivity index (χ2v) is 8.14. The predicted octanol–water partition coefficient (Wildman–Crippen LogP) is 4.40. The Labute approximate surface area is 182 Å². The van der Waals surface area contributed by atoms with Gasteiger partial charge >= 0.3 is 5.97 Å². The van der Waals surface area contributed by atoms with Crippen LogP contribution in [0, 0.1) is 24.1 Å². The zero-order chi connectivity index (χ0) is 22.3. The van der Waals surface area contributed by atoms with Gasteiger partial charge in [-0.2, -0.15) is 5.26 Å². The van der Waals surface area contributed by atoms with Crippen molar-refractivity contribution in [3.63, 3.8) is 0 Å². The summed E-state index contributed by atoms with van der Waals surface area (Å²) >= 11 is 1.11. The molecule has 2 heterocycles. The number of thiophene rings is 1. The number of aryl methyl sites for hydroxylation is 1. The monoisotopic (exact) mass is 435 g/mol. The number of nitriles is 1. The molecule has 8 heteroatoms. The Morgan fingerprint density at radius 3 is 2.32 bits per heavy atom. The molecule has 0 saturated carbocycles. The number of hydrogen-bond donors (Lipinski definition) is 0. The van der Waals surface area contributed by atoms with E-state index in [4.69, 9.17) is 4.74 Å². The number of nitrogens with zero attached hydrogens (tertiary/aromatic N) is 3. The van der Waals surface area contributed by atoms with Gasteiger partial charge in [0.2, 0.25) is 5.78 Å². The van der Waals surface area contributed by atoms with Gasteiger partial charge in [-0.05, 0) is 36.8 Å². The summed E-state index contributed by atoms with van der Waals surface area (Å²) < 4.78 is 19.9. The van der Waals surface area contributed by atoms with Gasteiger partial charge in [0.05, 0.1) is 11.4 Å². The van der Waals surface area contributed by atoms with E-state index in [1.807, 2.05) is 30.3 Å². The van der Waals surface area contributed by atoms with Gasteiger partial charge in [0, 0.05) is 24.2 Å². The predicted molar refractivity (Wildman–Crippen MR) is 118 cm³/mol. The van der Waals surface area contributed by atoms with Crippen LogP contribution >= 0.6 is 11.3 Å². The molecule has 0 radical (unpaired) electrons. The summed E-state index contributed by atoms with van der Waals surface area (Å²) in [5, 5.41) is 10.0. The first kappa shape index (κ1) is 20.6. The number of esters is 1. The number of fused-ring (bicyclic) bond motifs is 2. The molecule has 3 aromatic rings. The fourth-order valence-corrected chi connectivity index (χ4v) is 4.89. The van der Waals surface area contributed by atoms with Crippen LogP contribution in [-0.4, -0.2) is 32.5 Å². The number of carbonyl (C=O) groups is 2. The smallest absolute Gasteiger partial charge is 0.349 e. The molecule has 1 aliphatic rings. The number of ether oxygens (including phenoxy) is 1. The summed E-state index contributed by atoms with van der Waals surface area (Å²) in [6.45, 7) is 1.06. The number of hydrogen-bond acceptors (Lipinski definition) is 7. The van der Waals surface area contributed by atoms with E-state index in [2.05, 4.69) is 0 Å². The maximum absolute atomic E-state index is 14.1. The van der Waals surface area contributed by atoms with Gasteiger partial charge in [-0.1, -0.05) is 18.2 Å². The molecule has 0 amide bonds. The van der Waals surface area contributed by atoms with E-state index < -0.39 is 24.2 Å². The van der Waals surface area contributed by atoms with E-state index in [1.165, 1.54) is 6.07 Å². The maximum atomic E-state index is 14.1. The van der Waals surface area contributed by atoms with Crippen molar-refractivity contribution in [2.24, 2.45) is 0 Å². The van der Waals surface area contributed by atoms with Gasteiger partial charge in [-0.15, -0.1) is 11.3 Å². The summed E-state index contributed by atoms with van der Waals surface area (Å²) in [5.74, 6) is -1.32. The number of carbonyl (C=O) groups excluding carboxylic acids is 2. The van der Waals surface area contributed by atoms with Crippen molar-refractivity contribution in [1.82, 2.24) is 0 Å². The molecule has 156 valence electrons. The van der Waals surface area contributed by atoms with Crippen LogP contribution in [0.1, 0.15) is 15.2 Å². The van der Waals surface area contributed by atoms with Crippen molar-refractivity contribution in [2.75, 3.05) is 30.5 Å². The summed E-state index contributed by atoms with van der Waals surface area (Å²) in [4.78, 5) is 29.1. The summed E-state index contributed by atoms with van der Waals surface area (Å²) in [6, 6.07) is 14.1. The number of ketones is 1. The molecule has 6 nitrogen and oxygen atoms in total. The van der Waals surface area contributed by atoms with Crippen molar-refractivity contribution in [2.45, 2.75) is 6.92 Å². The average molecular weight is 435 g/mol. The third kappa shape index (κ3) is 3.33. The molecule has 0 fully saturated rings. The van der Waals surface area contributed by atoms with Crippen LogP contribution in [0.25, 0.3) is 10.1 Å². The molecule has 0 atom stereocenters. The largest absolute Gasteiger partial charge is 0.453 e. The SMILES string of the molecule is Cc1c(C(=O)OCC(=O)C(C#N)=C2N(C)c3ccccc3N2C)sc2cccc(F)c12. The number of benzene rings is 2. The van der Waals surface area contributed by atoms with Crippen LogP contribution in [0.15, 0.2) is 53.9 Å². The second kappa shape index (κ2) is 7.85. The van der Waals surface area contributed by atoms with E-state index in [1.54, 1.807) is 43.0 Å². The third-order valence-corrected chi connectivity index (χ3v) is 6.51. The zero-order valence-electron chi connectivity index (χ0n) is 17.1. The van der Waals surface area contributed by atoms with Crippen LogP contribution in [0.5, 0.6) is 0 Å². The molecule has 0 unspecified atom stereocenters. The van der Waals surface area contributed by atoms with Crippen LogP contribution < -0.4 is 9.80 Å². The Balaban J connectivity index is 1.57. The minimum Gasteiger partial charge on any atom is -0.453 e. The normalized spacial score (nSPS) is 12.7. The minimum atomic E-state index is -0.717. The molecule has 0 bridgehead atoms. The second-order valence-electron chi connectivity index (χ2n) is 7.09. The minimum absolute atomic E-state index is 0.104. The molecular formula is C23H18FN3O3S. The van der Waals surface area contributed by atoms with Crippen LogP contribution in [0.3, 0.4) is 0 Å². The lowest BCUT2D eigenvalue weighted by Gasteiger charge is -2.19. The Bertz CT molecular complexity index is 1270. The fraction of sp³-hybridized carbons (Fsp3) is 0.174. The lowest BCUT2D eigenvalue weighted by atomic mass is 10.1. The quantitative estimate of drug-likeness (QED) is 0.344. The van der Waals surface area contributed by atoms with Crippen molar-refractivity contribution < 1.29 is 18.7 Å². The van der Waals surface area contributed by atoms with Crippen molar-refractivity contribution in [1.29, 1.82) is 5.26 Å². The molecular weight excluding hydrogens is 417 g/mol. The molecule has 31 heavy (non-hydrogen) atoms. The third-order valence-electron chi connectivity index (χ3n) is 5.28. The lowest BCUT2D eigenvalue weighted by Crippen LogP contribution is -2.27. The van der Waals surface area contributed by atoms with Crippen molar-refractivity contribution >= 4 is 44.6 Å². The maximum Gasteiger partial charge on any atom is 0.349 e. The Morgan fingerprint density at radius 1 is 1.10 bits per heavy atom. The molecule has 0 aliphatic carbocycles. The van der Waals surface area contributed by atoms with Gasteiger partial charge < -0.3 is 14.5 Å². The zero-order valence-corrected chi connectivity index (χ0v) is 17.9. The van der Waals surface area contributed by atoms with Crippen molar-refractivity contribution in [3.05, 3.63) is 70.1 Å². The van der Waals surface area contributed by atoms with Gasteiger partial charge in [0.25, 0.3) is 0 Å². The van der Waals surface area contributed by atoms with E-state index in [0.717, 1.165) is 22.7 Å². The Hall–Kier alpha value is -3.70. The molecule has 0 saturated heterocycles. The van der Waals surface area contributed by atoms with Gasteiger partial charge in [-0.25, -0.2) is 9.18 Å². The lowest BCUT2D eigenvalue weighted by molar-refractivity contribution is -0.118. The van der Waals surface area contributed by atoms with E-state index in [9.17, 15) is 19.2 Å². The topological polar surface area (TPSA) is 73.6 Å². The number of anilines is 2. The summed E-state index contributed by atoms with van der Waals surface area (Å²) in [7, 11) is 3.53. The molecule has 4 rings (SSSR count). The van der Waals surface area contributed by atoms with Gasteiger partial charge in [-0.3, -0.25) is 4.79 Å². The van der Waals surface area contributed by atoms with Crippen molar-refractivity contribution in [3.8, 4) is 6.07 Å². The fourth-order valence-electron chi connectivity index (χ4n) is 3.77. The molecule has 2 aromatic carbocycles. The number of rotatable bonds is 4. The number of para-hydroxylation sites is 2. The first-order valence-electron chi connectivity index (χ1n) is 9.44. The first-order chi connectivity index (χ1) is 14.8. The number of Topliss-reactive ketones (excluding diaryl/α,β-unsaturated/α-hetero) is 1. The Kier molecular flexibility index (Phi) is 5.21. The standard InChI is InChI=1S/C23H18FN3O3S/c1-13-20-15(24)7-6-10-19(20)31-21(13)23(29)30-12-18(28)14(11-25)22-26(2)16-8-4-5-9-17(16)27(22)3/h4-10H,12H2,1-3H3. The van der Waals surface area contributed by atoms with Crippen LogP contribution in [-0.2, 0) is 9.53 Å². The van der Waals surface area contributed by atoms with Crippen LogP contribution in [0.4, 0.5) is 15.8 Å². The highest BCUT2D eigenvalue weighted by Gasteiger charge is 2.31. The molecule has 1 aliphatic heterocycles. The number of halogens is 1. The average Bonchev–Trinajstić information content (AvgIpc) is 3.23. The molecule has 1 aromatic heterocycles. The first-order valence-corrected chi connectivity index (χ1v) is 10.3. The molecule has 0 spiro atoms. The molecule has 0 N–H and O–H groups in total. The van der Waals surface area contributed by atoms with Gasteiger partial charge in [0.15, 0.2) is 6.61 Å². The summed E-state index contributed by atoms with van der Waals surface area (Å²) in [6.07, 6.45) is 0. The highest BCUT2D eigenvalue weighted by molar-refractivity contribution is 7.21. The van der Waals surface area contributed by atoms with Crippen LogP contribution in [0.2, 0.25) is 0 Å². The highest BCUT2D eigenvalue weighted by Crippen LogP contribution is 2.40. The van der Waals surface area contributed by atoms with E-state index >= 15 is 0 Å².